The fourth-order valence-corrected chi connectivity index (χ4v) is 4.27. The molecular weight excluding hydrogens is 510 g/mol. The van der Waals surface area contributed by atoms with Crippen molar-refractivity contribution in [2.24, 2.45) is 0 Å². The van der Waals surface area contributed by atoms with Crippen molar-refractivity contribution < 1.29 is 35.8 Å². The molecule has 1 aliphatic rings. The van der Waals surface area contributed by atoms with Gasteiger partial charge in [0.1, 0.15) is 11.5 Å². The zero-order valence-corrected chi connectivity index (χ0v) is 19.5. The first kappa shape index (κ1) is 25.3. The number of nitrogens with two attached hydrogens (primary N) is 2. The Kier molecular flexibility index (Phi) is 5.74. The van der Waals surface area contributed by atoms with E-state index in [2.05, 4.69) is 0 Å². The number of anilines is 2. The normalized spacial score (nSPS) is 23.3. The summed E-state index contributed by atoms with van der Waals surface area (Å²) >= 11 is 0. The van der Waals surface area contributed by atoms with Crippen LogP contribution in [0.2, 0.25) is 0 Å². The number of hydrogen-bond acceptors (Lipinski definition) is 4. The number of benzene rings is 4. The third kappa shape index (κ3) is 3.54. The summed E-state index contributed by atoms with van der Waals surface area (Å²) in [5, 5.41) is 0. The minimum absolute atomic E-state index is 0.0131. The summed E-state index contributed by atoms with van der Waals surface area (Å²) in [6.07, 6.45) is 0. The van der Waals surface area contributed by atoms with Crippen LogP contribution in [0.5, 0.6) is 11.5 Å². The molecule has 0 spiro atoms. The average Bonchev–Trinajstić information content (AvgIpc) is 2.89. The van der Waals surface area contributed by atoms with E-state index in [1.165, 1.54) is 48.5 Å². The van der Waals surface area contributed by atoms with Crippen LogP contribution in [-0.4, -0.2) is 23.6 Å². The fourth-order valence-electron chi connectivity index (χ4n) is 4.27. The Morgan fingerprint density at radius 3 is 1.16 bits per heavy atom. The molecule has 0 heterocycles. The lowest BCUT2D eigenvalue weighted by Crippen LogP contribution is -2.89. The largest absolute Gasteiger partial charge is 0.446 e. The molecule has 0 radical (unpaired) electrons. The van der Waals surface area contributed by atoms with Gasteiger partial charge in [-0.2, -0.15) is 26.3 Å². The van der Waals surface area contributed by atoms with Crippen molar-refractivity contribution in [3.8, 4) is 33.8 Å². The summed E-state index contributed by atoms with van der Waals surface area (Å²) in [6.45, 7) is 0. The smallest absolute Gasteiger partial charge is 0.395 e. The second-order valence-electron chi connectivity index (χ2n) is 8.79. The number of alkyl halides is 6. The number of halogens is 6. The van der Waals surface area contributed by atoms with Gasteiger partial charge in [-0.25, -0.2) is 0 Å². The minimum atomic E-state index is -5.62. The molecule has 5 rings (SSSR count). The first-order valence-corrected chi connectivity index (χ1v) is 11.3. The molecule has 38 heavy (non-hydrogen) atoms. The van der Waals surface area contributed by atoms with E-state index in [0.29, 0.717) is 11.1 Å². The van der Waals surface area contributed by atoms with Gasteiger partial charge >= 0.3 is 23.6 Å². The van der Waals surface area contributed by atoms with Gasteiger partial charge in [0.15, 0.2) is 0 Å². The van der Waals surface area contributed by atoms with E-state index in [9.17, 15) is 17.6 Å². The van der Waals surface area contributed by atoms with Gasteiger partial charge in [-0.05, 0) is 35.4 Å². The lowest BCUT2D eigenvalue weighted by Gasteiger charge is -2.55. The number of nitrogen functional groups attached to an aromatic ring is 2. The molecule has 4 aromatic rings. The van der Waals surface area contributed by atoms with E-state index in [0.717, 1.165) is 12.1 Å². The average molecular weight is 530 g/mol. The second-order valence-corrected chi connectivity index (χ2v) is 8.79. The van der Waals surface area contributed by atoms with E-state index < -0.39 is 35.1 Å². The molecule has 4 aromatic carbocycles. The fraction of sp³-hybridized carbons (Fsp3) is 0.143. The summed E-state index contributed by atoms with van der Waals surface area (Å²) in [4.78, 5) is 0. The first-order valence-electron chi connectivity index (χ1n) is 11.3. The van der Waals surface area contributed by atoms with Crippen molar-refractivity contribution in [3.63, 3.8) is 0 Å². The third-order valence-electron chi connectivity index (χ3n) is 6.30. The van der Waals surface area contributed by atoms with Crippen molar-refractivity contribution in [1.82, 2.24) is 0 Å². The minimum Gasteiger partial charge on any atom is -0.446 e. The number of hydrogen-bond donors (Lipinski definition) is 2. The summed E-state index contributed by atoms with van der Waals surface area (Å²) in [6, 6.07) is 23.1. The van der Waals surface area contributed by atoms with Crippen LogP contribution in [0.1, 0.15) is 0 Å². The maximum Gasteiger partial charge on any atom is 0.395 e. The Morgan fingerprint density at radius 2 is 0.816 bits per heavy atom. The van der Waals surface area contributed by atoms with Crippen LogP contribution in [0.15, 0.2) is 97.1 Å². The molecule has 1 aliphatic carbocycles. The summed E-state index contributed by atoms with van der Waals surface area (Å²) < 4.78 is 101. The van der Waals surface area contributed by atoms with Gasteiger partial charge in [-0.1, -0.05) is 60.7 Å². The van der Waals surface area contributed by atoms with Gasteiger partial charge in [0, 0.05) is 34.6 Å². The maximum atomic E-state index is 16.0. The zero-order chi connectivity index (χ0) is 27.3. The molecule has 4 nitrogen and oxygen atoms in total. The van der Waals surface area contributed by atoms with Gasteiger partial charge in [0.25, 0.3) is 0 Å². The van der Waals surface area contributed by atoms with Crippen LogP contribution in [0, 0.1) is 0 Å². The Balaban J connectivity index is 1.62. The summed E-state index contributed by atoms with van der Waals surface area (Å²) in [7, 11) is 0. The van der Waals surface area contributed by atoms with E-state index in [1.807, 2.05) is 0 Å². The SMILES string of the molecule is Nc1ccc(-c2ccccc2)c(OC2(F)C(F)(F)C(F)(F)C2(F)Oc2cc(N)ccc2-c2ccccc2)c1. The van der Waals surface area contributed by atoms with Gasteiger partial charge in [-0.15, -0.1) is 0 Å². The molecule has 0 bridgehead atoms. The monoisotopic (exact) mass is 530 g/mol. The molecule has 4 N–H and O–H groups in total. The quantitative estimate of drug-likeness (QED) is 0.203. The standard InChI is InChI=1S/C28H20F6N2O2/c29-25(30)26(31,32)28(34,38-24-16-20(36)12-14-22(24)18-9-5-2-6-10-18)27(25,33)37-23-15-19(35)11-13-21(23)17-7-3-1-4-8-17/h1-16H,35-36H2. The van der Waals surface area contributed by atoms with E-state index in [-0.39, 0.29) is 22.5 Å². The highest BCUT2D eigenvalue weighted by atomic mass is 19.3. The summed E-state index contributed by atoms with van der Waals surface area (Å²) in [5.41, 5.74) is 12.0. The molecular formula is C28H20F6N2O2. The van der Waals surface area contributed by atoms with E-state index in [1.54, 1.807) is 36.4 Å². The van der Waals surface area contributed by atoms with E-state index >= 15 is 8.78 Å². The molecule has 10 heteroatoms. The molecule has 2 unspecified atom stereocenters. The highest BCUT2D eigenvalue weighted by molar-refractivity contribution is 5.74. The van der Waals surface area contributed by atoms with Crippen molar-refractivity contribution in [3.05, 3.63) is 97.1 Å². The summed E-state index contributed by atoms with van der Waals surface area (Å²) in [5.74, 6) is -22.5. The molecule has 0 saturated heterocycles. The van der Waals surface area contributed by atoms with Crippen LogP contribution in [-0.2, 0) is 0 Å². The Labute approximate surface area is 213 Å². The predicted molar refractivity (Wildman–Crippen MR) is 131 cm³/mol. The van der Waals surface area contributed by atoms with Crippen LogP contribution in [0.25, 0.3) is 22.3 Å². The van der Waals surface area contributed by atoms with Gasteiger partial charge in [0.05, 0.1) is 0 Å². The molecule has 2 atom stereocenters. The van der Waals surface area contributed by atoms with Crippen LogP contribution >= 0.6 is 0 Å². The molecule has 1 fully saturated rings. The van der Waals surface area contributed by atoms with Crippen molar-refractivity contribution >= 4 is 11.4 Å². The maximum absolute atomic E-state index is 16.0. The Hall–Kier alpha value is -4.34. The Bertz CT molecular complexity index is 1370. The second kappa shape index (κ2) is 8.61. The van der Waals surface area contributed by atoms with Crippen molar-refractivity contribution in [1.29, 1.82) is 0 Å². The van der Waals surface area contributed by atoms with Crippen molar-refractivity contribution in [2.45, 2.75) is 23.6 Å². The van der Waals surface area contributed by atoms with E-state index in [4.69, 9.17) is 20.9 Å². The molecule has 1 saturated carbocycles. The first-order chi connectivity index (χ1) is 17.9. The molecule has 196 valence electrons. The zero-order valence-electron chi connectivity index (χ0n) is 19.5. The molecule has 0 aliphatic heterocycles. The number of rotatable bonds is 6. The highest BCUT2D eigenvalue weighted by Crippen LogP contribution is 2.69. The predicted octanol–water partition coefficient (Wildman–Crippen LogP) is 7.26. The third-order valence-corrected chi connectivity index (χ3v) is 6.30. The van der Waals surface area contributed by atoms with Crippen LogP contribution < -0.4 is 20.9 Å². The Morgan fingerprint density at radius 1 is 0.474 bits per heavy atom. The lowest BCUT2D eigenvalue weighted by molar-refractivity contribution is -0.527. The topological polar surface area (TPSA) is 70.5 Å². The van der Waals surface area contributed by atoms with Crippen LogP contribution in [0.4, 0.5) is 37.7 Å². The van der Waals surface area contributed by atoms with Gasteiger partial charge in [-0.3, -0.25) is 0 Å². The lowest BCUT2D eigenvalue weighted by atomic mass is 9.76. The van der Waals surface area contributed by atoms with Gasteiger partial charge < -0.3 is 20.9 Å². The van der Waals surface area contributed by atoms with Gasteiger partial charge in [0.2, 0.25) is 0 Å². The van der Waals surface area contributed by atoms with Crippen molar-refractivity contribution in [2.75, 3.05) is 11.5 Å². The van der Waals surface area contributed by atoms with Crippen LogP contribution in [0.3, 0.4) is 0 Å². The molecule has 0 amide bonds. The highest BCUT2D eigenvalue weighted by Gasteiger charge is 3.03. The number of ether oxygens (including phenoxy) is 2. The molecule has 0 aromatic heterocycles.